The maximum Gasteiger partial charge on any atom is 0.126 e. The average molecular weight is 328 g/mol. The predicted octanol–water partition coefficient (Wildman–Crippen LogP) is 3.79. The van der Waals surface area contributed by atoms with Crippen LogP contribution in [0.5, 0.6) is 11.5 Å². The van der Waals surface area contributed by atoms with E-state index in [2.05, 4.69) is 40.8 Å². The lowest BCUT2D eigenvalue weighted by Gasteiger charge is -2.10. The molecular weight excluding hydrogens is 315 g/mol. The monoisotopic (exact) mass is 328 g/mol. The summed E-state index contributed by atoms with van der Waals surface area (Å²) in [5.41, 5.74) is 1.29. The summed E-state index contributed by atoms with van der Waals surface area (Å²) in [7, 11) is 3.38. The molecule has 0 N–H and O–H groups in total. The van der Waals surface area contributed by atoms with E-state index in [1.807, 2.05) is 12.1 Å². The summed E-state index contributed by atoms with van der Waals surface area (Å²) in [6.07, 6.45) is 0. The first-order chi connectivity index (χ1) is 7.80. The van der Waals surface area contributed by atoms with Gasteiger partial charge in [0.25, 0.3) is 0 Å². The number of ether oxygens (including phenoxy) is 2. The van der Waals surface area contributed by atoms with Gasteiger partial charge in [0.15, 0.2) is 0 Å². The van der Waals surface area contributed by atoms with Gasteiger partial charge in [-0.2, -0.15) is 0 Å². The second-order valence-corrected chi connectivity index (χ2v) is 4.25. The first kappa shape index (κ1) is 11.5. The summed E-state index contributed by atoms with van der Waals surface area (Å²) < 4.78 is 11.7. The van der Waals surface area contributed by atoms with Gasteiger partial charge < -0.3 is 9.47 Å². The number of methoxy groups -OCH3 is 2. The van der Waals surface area contributed by atoms with Gasteiger partial charge in [-0.15, -0.1) is 0 Å². The highest BCUT2D eigenvalue weighted by Crippen LogP contribution is 2.33. The van der Waals surface area contributed by atoms with E-state index in [0.717, 1.165) is 26.7 Å². The van der Waals surface area contributed by atoms with Crippen molar-refractivity contribution in [2.75, 3.05) is 14.2 Å². The molecule has 0 fully saturated rings. The number of hydrogen-bond acceptors (Lipinski definition) is 2. The van der Waals surface area contributed by atoms with E-state index in [0.29, 0.717) is 0 Å². The lowest BCUT2D eigenvalue weighted by atomic mass is 10.1. The highest BCUT2D eigenvalue weighted by Gasteiger charge is 2.07. The summed E-state index contributed by atoms with van der Waals surface area (Å²) in [5, 5.41) is 2.20. The van der Waals surface area contributed by atoms with Gasteiger partial charge in [0, 0.05) is 15.2 Å². The van der Waals surface area contributed by atoms with Crippen LogP contribution in [-0.2, 0) is 4.43 Å². The van der Waals surface area contributed by atoms with Gasteiger partial charge in [0.2, 0.25) is 0 Å². The van der Waals surface area contributed by atoms with Crippen molar-refractivity contribution in [3.63, 3.8) is 0 Å². The van der Waals surface area contributed by atoms with Crippen molar-refractivity contribution in [1.82, 2.24) is 0 Å². The number of hydrogen-bond donors (Lipinski definition) is 0. The molecule has 0 bridgehead atoms. The van der Waals surface area contributed by atoms with Crippen LogP contribution in [0.25, 0.3) is 10.8 Å². The van der Waals surface area contributed by atoms with E-state index in [-0.39, 0.29) is 0 Å². The van der Waals surface area contributed by atoms with Crippen molar-refractivity contribution >= 4 is 33.4 Å². The largest absolute Gasteiger partial charge is 0.496 e. The third-order valence-corrected chi connectivity index (χ3v) is 3.48. The van der Waals surface area contributed by atoms with Crippen LogP contribution in [0.1, 0.15) is 5.56 Å². The number of rotatable bonds is 3. The van der Waals surface area contributed by atoms with Gasteiger partial charge in [0.1, 0.15) is 11.5 Å². The molecule has 0 saturated heterocycles. The van der Waals surface area contributed by atoms with Crippen LogP contribution >= 0.6 is 22.6 Å². The van der Waals surface area contributed by atoms with Crippen molar-refractivity contribution in [2.45, 2.75) is 4.43 Å². The number of fused-ring (bicyclic) bond motifs is 1. The zero-order chi connectivity index (χ0) is 11.5. The highest BCUT2D eigenvalue weighted by atomic mass is 127. The Bertz CT molecular complexity index is 509. The molecule has 0 aliphatic rings. The third-order valence-electron chi connectivity index (χ3n) is 2.60. The summed E-state index contributed by atoms with van der Waals surface area (Å²) in [6, 6.07) is 10.2. The number of benzene rings is 2. The van der Waals surface area contributed by atoms with Crippen molar-refractivity contribution in [1.29, 1.82) is 0 Å². The molecule has 2 rings (SSSR count). The van der Waals surface area contributed by atoms with Crippen LogP contribution in [0, 0.1) is 0 Å². The molecule has 84 valence electrons. The summed E-state index contributed by atoms with van der Waals surface area (Å²) in [6.45, 7) is 0. The molecule has 0 radical (unpaired) electrons. The minimum atomic E-state index is 0.885. The molecule has 2 aromatic carbocycles. The summed E-state index contributed by atoms with van der Waals surface area (Å²) in [5.74, 6) is 1.78. The molecule has 0 heterocycles. The number of alkyl halides is 1. The highest BCUT2D eigenvalue weighted by molar-refractivity contribution is 14.1. The molecule has 3 heteroatoms. The smallest absolute Gasteiger partial charge is 0.126 e. The van der Waals surface area contributed by atoms with Crippen LogP contribution in [0.3, 0.4) is 0 Å². The molecule has 0 aliphatic carbocycles. The van der Waals surface area contributed by atoms with E-state index in [1.165, 1.54) is 5.56 Å². The maximum atomic E-state index is 5.37. The van der Waals surface area contributed by atoms with E-state index in [4.69, 9.17) is 9.47 Å². The van der Waals surface area contributed by atoms with Gasteiger partial charge in [-0.3, -0.25) is 0 Å². The molecule has 0 atom stereocenters. The zero-order valence-electron chi connectivity index (χ0n) is 9.29. The fraction of sp³-hybridized carbons (Fsp3) is 0.231. The fourth-order valence-corrected chi connectivity index (χ4v) is 2.25. The van der Waals surface area contributed by atoms with E-state index in [1.54, 1.807) is 14.2 Å². The topological polar surface area (TPSA) is 18.5 Å². The van der Waals surface area contributed by atoms with Crippen LogP contribution < -0.4 is 9.47 Å². The maximum absolute atomic E-state index is 5.37. The molecule has 2 nitrogen and oxygen atoms in total. The van der Waals surface area contributed by atoms with E-state index in [9.17, 15) is 0 Å². The lowest BCUT2D eigenvalue weighted by molar-refractivity contribution is 0.410. The molecule has 0 aromatic heterocycles. The summed E-state index contributed by atoms with van der Waals surface area (Å²) in [4.78, 5) is 0. The second-order valence-electron chi connectivity index (χ2n) is 3.48. The Morgan fingerprint density at radius 2 is 1.56 bits per heavy atom. The second kappa shape index (κ2) is 4.91. The molecular formula is C13H13IO2. The molecule has 16 heavy (non-hydrogen) atoms. The van der Waals surface area contributed by atoms with E-state index < -0.39 is 0 Å². The lowest BCUT2D eigenvalue weighted by Crippen LogP contribution is -1.90. The van der Waals surface area contributed by atoms with Crippen LogP contribution in [0.4, 0.5) is 0 Å². The molecule has 0 aliphatic heterocycles. The predicted molar refractivity (Wildman–Crippen MR) is 74.8 cm³/mol. The Balaban J connectivity index is 2.74. The van der Waals surface area contributed by atoms with Crippen LogP contribution in [0.2, 0.25) is 0 Å². The Morgan fingerprint density at radius 1 is 0.938 bits per heavy atom. The SMILES string of the molecule is COc1ccc(OC)c2cc(CI)ccc12. The van der Waals surface area contributed by atoms with E-state index >= 15 is 0 Å². The normalized spacial score (nSPS) is 10.4. The Labute approximate surface area is 109 Å². The van der Waals surface area contributed by atoms with Gasteiger partial charge >= 0.3 is 0 Å². The Morgan fingerprint density at radius 3 is 2.12 bits per heavy atom. The van der Waals surface area contributed by atoms with Crippen LogP contribution in [0.15, 0.2) is 30.3 Å². The zero-order valence-corrected chi connectivity index (χ0v) is 11.4. The van der Waals surface area contributed by atoms with Crippen molar-refractivity contribution in [3.8, 4) is 11.5 Å². The average Bonchev–Trinajstić information content (AvgIpc) is 2.36. The van der Waals surface area contributed by atoms with Gasteiger partial charge in [-0.25, -0.2) is 0 Å². The molecule has 2 aromatic rings. The van der Waals surface area contributed by atoms with Crippen LogP contribution in [-0.4, -0.2) is 14.2 Å². The third kappa shape index (κ3) is 1.96. The minimum Gasteiger partial charge on any atom is -0.496 e. The first-order valence-electron chi connectivity index (χ1n) is 4.99. The quantitative estimate of drug-likeness (QED) is 0.630. The summed E-state index contributed by atoms with van der Waals surface area (Å²) >= 11 is 2.36. The standard InChI is InChI=1S/C13H13IO2/c1-15-12-5-6-13(16-2)11-7-9(8-14)3-4-10(11)12/h3-7H,8H2,1-2H3. The molecule has 0 amide bonds. The molecule has 0 spiro atoms. The number of halogens is 1. The minimum absolute atomic E-state index is 0.885. The Kier molecular flexibility index (Phi) is 3.53. The fourth-order valence-electron chi connectivity index (χ4n) is 1.78. The van der Waals surface area contributed by atoms with Gasteiger partial charge in [-0.05, 0) is 23.8 Å². The van der Waals surface area contributed by atoms with Crippen molar-refractivity contribution in [3.05, 3.63) is 35.9 Å². The van der Waals surface area contributed by atoms with Crippen molar-refractivity contribution in [2.24, 2.45) is 0 Å². The van der Waals surface area contributed by atoms with Gasteiger partial charge in [-0.1, -0.05) is 34.7 Å². The molecule has 0 unspecified atom stereocenters. The van der Waals surface area contributed by atoms with Crippen molar-refractivity contribution < 1.29 is 9.47 Å². The van der Waals surface area contributed by atoms with Gasteiger partial charge in [0.05, 0.1) is 14.2 Å². The Hall–Kier alpha value is -0.970. The molecule has 0 saturated carbocycles. The first-order valence-corrected chi connectivity index (χ1v) is 6.52.